The van der Waals surface area contributed by atoms with Crippen LogP contribution in [0, 0.1) is 55.4 Å². The number of aldehydes is 3. The first kappa shape index (κ1) is 53.1. The number of aryl methyl sites for hydroxylation is 9. The van der Waals surface area contributed by atoms with Gasteiger partial charge in [0.05, 0.1) is 51.2 Å². The molecule has 4 aromatic heterocycles. The SMILES string of the molecule is CC=O.CCCCCC=CC=CC=O.CCc1ncc(C)nc1C.Cc1cnc(C)c(C)n1.Cc1cnccn1.Cc1nccnc1C.O=CCc1ccccc1. The Morgan fingerprint density at radius 3 is 1.54 bits per heavy atom. The van der Waals surface area contributed by atoms with Crippen LogP contribution in [0.1, 0.15) is 103 Å². The van der Waals surface area contributed by atoms with Crippen molar-refractivity contribution < 1.29 is 14.4 Å². The Hall–Kier alpha value is -5.97. The quantitative estimate of drug-likeness (QED) is 0.0608. The maximum absolute atomic E-state index is 9.97. The van der Waals surface area contributed by atoms with E-state index < -0.39 is 0 Å². The largest absolute Gasteiger partial charge is 0.304 e. The summed E-state index contributed by atoms with van der Waals surface area (Å²) >= 11 is 0. The van der Waals surface area contributed by atoms with Crippen LogP contribution in [0.4, 0.5) is 0 Å². The van der Waals surface area contributed by atoms with Gasteiger partial charge < -0.3 is 9.59 Å². The fourth-order valence-corrected chi connectivity index (χ4v) is 3.99. The van der Waals surface area contributed by atoms with Crippen LogP contribution in [0.2, 0.25) is 0 Å². The molecule has 0 saturated carbocycles. The van der Waals surface area contributed by atoms with Crippen LogP contribution in [-0.2, 0) is 27.2 Å². The second kappa shape index (κ2) is 37.0. The molecule has 4 heterocycles. The number of aromatic nitrogens is 8. The minimum Gasteiger partial charge on any atom is -0.304 e. The van der Waals surface area contributed by atoms with Gasteiger partial charge in [0.2, 0.25) is 0 Å². The molecule has 11 heteroatoms. The van der Waals surface area contributed by atoms with E-state index in [1.54, 1.807) is 43.3 Å². The third-order valence-corrected chi connectivity index (χ3v) is 7.21. The first-order valence-electron chi connectivity index (χ1n) is 19.1. The number of nitrogens with zero attached hydrogens (tertiary/aromatic N) is 8. The molecular formula is C46H64N8O3. The molecule has 0 aliphatic heterocycles. The first-order valence-corrected chi connectivity index (χ1v) is 19.1. The second-order valence-corrected chi connectivity index (χ2v) is 12.2. The zero-order valence-corrected chi connectivity index (χ0v) is 36.0. The van der Waals surface area contributed by atoms with Crippen LogP contribution in [0.5, 0.6) is 0 Å². The lowest BCUT2D eigenvalue weighted by Crippen LogP contribution is -1.96. The highest BCUT2D eigenvalue weighted by Crippen LogP contribution is 2.02. The van der Waals surface area contributed by atoms with E-state index in [1.807, 2.05) is 98.0 Å². The average Bonchev–Trinajstić information content (AvgIpc) is 3.20. The highest BCUT2D eigenvalue weighted by Gasteiger charge is 1.97. The van der Waals surface area contributed by atoms with Gasteiger partial charge in [0.25, 0.3) is 0 Å². The molecule has 306 valence electrons. The molecule has 0 unspecified atom stereocenters. The summed E-state index contributed by atoms with van der Waals surface area (Å²) in [5.41, 5.74) is 10.2. The molecule has 0 saturated heterocycles. The lowest BCUT2D eigenvalue weighted by atomic mass is 10.2. The van der Waals surface area contributed by atoms with Crippen LogP contribution < -0.4 is 0 Å². The molecule has 0 fully saturated rings. The van der Waals surface area contributed by atoms with Gasteiger partial charge in [-0.3, -0.25) is 44.7 Å². The number of allylic oxidation sites excluding steroid dienone is 4. The Bertz CT molecular complexity index is 1790. The second-order valence-electron chi connectivity index (χ2n) is 12.2. The van der Waals surface area contributed by atoms with Gasteiger partial charge in [-0.1, -0.05) is 75.2 Å². The van der Waals surface area contributed by atoms with Crippen LogP contribution >= 0.6 is 0 Å². The van der Waals surface area contributed by atoms with Gasteiger partial charge in [-0.25, -0.2) is 0 Å². The number of carbonyl (C=O) groups excluding carboxylic acids is 3. The predicted octanol–water partition coefficient (Wildman–Crippen LogP) is 9.45. The van der Waals surface area contributed by atoms with Gasteiger partial charge in [0.15, 0.2) is 0 Å². The maximum atomic E-state index is 9.97. The summed E-state index contributed by atoms with van der Waals surface area (Å²) in [5, 5.41) is 0. The molecule has 0 N–H and O–H groups in total. The summed E-state index contributed by atoms with van der Waals surface area (Å²) in [4.78, 5) is 61.2. The van der Waals surface area contributed by atoms with Crippen molar-refractivity contribution in [2.45, 2.75) is 115 Å². The number of unbranched alkanes of at least 4 members (excludes halogenated alkanes) is 3. The molecule has 0 aliphatic carbocycles. The summed E-state index contributed by atoms with van der Waals surface area (Å²) in [6.07, 6.45) is 28.2. The molecule has 0 amide bonds. The van der Waals surface area contributed by atoms with Gasteiger partial charge in [-0.2, -0.15) is 0 Å². The molecule has 0 radical (unpaired) electrons. The van der Waals surface area contributed by atoms with Crippen LogP contribution in [0.3, 0.4) is 0 Å². The molecule has 57 heavy (non-hydrogen) atoms. The molecule has 0 aliphatic rings. The van der Waals surface area contributed by atoms with Gasteiger partial charge in [0.1, 0.15) is 18.9 Å². The third kappa shape index (κ3) is 32.0. The smallest absolute Gasteiger partial charge is 0.142 e. The van der Waals surface area contributed by atoms with Gasteiger partial charge in [-0.05, 0) is 93.2 Å². The minimum atomic E-state index is 0.529. The number of hydrogen-bond donors (Lipinski definition) is 0. The molecule has 5 aromatic rings. The van der Waals surface area contributed by atoms with Crippen molar-refractivity contribution in [3.05, 3.63) is 155 Å². The normalized spacial score (nSPS) is 9.46. The van der Waals surface area contributed by atoms with Crippen molar-refractivity contribution in [2.24, 2.45) is 0 Å². The summed E-state index contributed by atoms with van der Waals surface area (Å²) in [5.74, 6) is 0. The number of carbonyl (C=O) groups is 3. The van der Waals surface area contributed by atoms with E-state index >= 15 is 0 Å². The molecule has 0 bridgehead atoms. The topological polar surface area (TPSA) is 154 Å². The fraction of sp³-hybridized carbons (Fsp3) is 0.370. The Balaban J connectivity index is 0. The van der Waals surface area contributed by atoms with E-state index in [2.05, 4.69) is 59.8 Å². The van der Waals surface area contributed by atoms with Crippen LogP contribution in [0.25, 0.3) is 0 Å². The fourth-order valence-electron chi connectivity index (χ4n) is 3.99. The van der Waals surface area contributed by atoms with E-state index in [-0.39, 0.29) is 0 Å². The van der Waals surface area contributed by atoms with Gasteiger partial charge in [-0.15, -0.1) is 0 Å². The molecule has 5 rings (SSSR count). The van der Waals surface area contributed by atoms with Gasteiger partial charge in [0, 0.05) is 49.8 Å². The van der Waals surface area contributed by atoms with Crippen LogP contribution in [0.15, 0.2) is 98.0 Å². The summed E-state index contributed by atoms with van der Waals surface area (Å²) in [6, 6.07) is 9.68. The number of hydrogen-bond acceptors (Lipinski definition) is 11. The van der Waals surface area contributed by atoms with Crippen LogP contribution in [-0.4, -0.2) is 58.7 Å². The zero-order chi connectivity index (χ0) is 43.1. The van der Waals surface area contributed by atoms with Crippen molar-refractivity contribution in [2.75, 3.05) is 0 Å². The molecular weight excluding hydrogens is 713 g/mol. The van der Waals surface area contributed by atoms with Crippen molar-refractivity contribution in [3.8, 4) is 0 Å². The average molecular weight is 777 g/mol. The Morgan fingerprint density at radius 1 is 0.561 bits per heavy atom. The molecule has 11 nitrogen and oxygen atoms in total. The maximum Gasteiger partial charge on any atom is 0.142 e. The Kier molecular flexibility index (Phi) is 34.5. The highest BCUT2D eigenvalue weighted by atomic mass is 16.1. The zero-order valence-electron chi connectivity index (χ0n) is 36.0. The highest BCUT2D eigenvalue weighted by molar-refractivity contribution is 5.65. The number of rotatable bonds is 9. The summed E-state index contributed by atoms with van der Waals surface area (Å²) in [6.45, 7) is 21.4. The summed E-state index contributed by atoms with van der Waals surface area (Å²) in [7, 11) is 0. The van der Waals surface area contributed by atoms with E-state index in [0.29, 0.717) is 6.42 Å². The van der Waals surface area contributed by atoms with Gasteiger partial charge >= 0.3 is 0 Å². The third-order valence-electron chi connectivity index (χ3n) is 7.21. The van der Waals surface area contributed by atoms with Crippen molar-refractivity contribution in [3.63, 3.8) is 0 Å². The van der Waals surface area contributed by atoms with E-state index in [4.69, 9.17) is 4.79 Å². The van der Waals surface area contributed by atoms with Crippen molar-refractivity contribution in [1.29, 1.82) is 0 Å². The monoisotopic (exact) mass is 777 g/mol. The van der Waals surface area contributed by atoms with E-state index in [1.165, 1.54) is 32.3 Å². The molecule has 1 aromatic carbocycles. The standard InChI is InChI=1S/C10H16O.C8H12N2.C8H8O.C7H10N2.C6H8N2.C5H6N2.C2H4O/c1-2-3-4-5-6-7-8-9-10-11;1-4-8-7(3)10-6(2)5-9-8;9-7-6-8-4-2-1-3-5-8;1-5-4-8-6(2)7(3)9-5;1-5-6(2)8-4-3-7-5;1-5-4-6-2-3-7-5;1-2-3/h6-10H,2-5H2,1H3;5H,4H2,1-3H3;1-5,7H,6H2;4H,1-3H3;3-4H,1-2H3;2-4H,1H3;2H,1H3. The molecule has 0 spiro atoms. The molecule has 0 atom stereocenters. The van der Waals surface area contributed by atoms with E-state index in [0.717, 1.165) is 88.5 Å². The summed E-state index contributed by atoms with van der Waals surface area (Å²) < 4.78 is 0. The Labute approximate surface area is 341 Å². The Morgan fingerprint density at radius 2 is 1.12 bits per heavy atom. The lowest BCUT2D eigenvalue weighted by Gasteiger charge is -1.99. The van der Waals surface area contributed by atoms with E-state index in [9.17, 15) is 9.59 Å². The first-order chi connectivity index (χ1) is 27.4. The minimum absolute atomic E-state index is 0.529. The lowest BCUT2D eigenvalue weighted by molar-refractivity contribution is -0.107. The number of benzene rings is 1. The predicted molar refractivity (Wildman–Crippen MR) is 232 cm³/mol. The van der Waals surface area contributed by atoms with Crippen molar-refractivity contribution in [1.82, 2.24) is 39.9 Å². The van der Waals surface area contributed by atoms with Crippen molar-refractivity contribution >= 4 is 18.9 Å².